The quantitative estimate of drug-likeness (QED) is 0.289. The third-order valence-corrected chi connectivity index (χ3v) is 5.38. The van der Waals surface area contributed by atoms with Gasteiger partial charge >= 0.3 is 6.03 Å². The van der Waals surface area contributed by atoms with Gasteiger partial charge in [-0.1, -0.05) is 90.0 Å². The van der Waals surface area contributed by atoms with E-state index in [1.54, 1.807) is 12.3 Å². The Bertz CT molecular complexity index is 1260. The first-order chi connectivity index (χ1) is 15.5. The predicted octanol–water partition coefficient (Wildman–Crippen LogP) is 5.58. The molecule has 0 radical (unpaired) electrons. The topological polar surface area (TPSA) is 73.7 Å². The average molecular weight is 424 g/mol. The minimum atomic E-state index is -0.559. The highest BCUT2D eigenvalue weighted by molar-refractivity contribution is 5.89. The number of aryl methyl sites for hydroxylation is 2. The van der Waals surface area contributed by atoms with Crippen molar-refractivity contribution < 1.29 is 9.90 Å². The zero-order valence-electron chi connectivity index (χ0n) is 18.0. The van der Waals surface area contributed by atoms with Crippen LogP contribution in [0.4, 0.5) is 4.79 Å². The molecular weight excluding hydrogens is 398 g/mol. The van der Waals surface area contributed by atoms with E-state index in [1.807, 2.05) is 92.7 Å². The smallest absolute Gasteiger partial charge is 0.335 e. The van der Waals surface area contributed by atoms with Gasteiger partial charge in [0.15, 0.2) is 0 Å². The van der Waals surface area contributed by atoms with E-state index in [1.165, 1.54) is 0 Å². The van der Waals surface area contributed by atoms with Crippen molar-refractivity contribution in [3.63, 3.8) is 0 Å². The first-order valence-electron chi connectivity index (χ1n) is 10.4. The molecule has 32 heavy (non-hydrogen) atoms. The maximum absolute atomic E-state index is 12.7. The monoisotopic (exact) mass is 423 g/mol. The number of benzene rings is 4. The Labute approximate surface area is 187 Å². The Morgan fingerprint density at radius 3 is 2.25 bits per heavy atom. The number of amides is 2. The summed E-state index contributed by atoms with van der Waals surface area (Å²) < 4.78 is 0. The van der Waals surface area contributed by atoms with Gasteiger partial charge in [-0.05, 0) is 41.8 Å². The number of aromatic hydroxyl groups is 1. The summed E-state index contributed by atoms with van der Waals surface area (Å²) >= 11 is 0. The van der Waals surface area contributed by atoms with Gasteiger partial charge in [-0.2, -0.15) is 5.10 Å². The molecule has 1 atom stereocenters. The second kappa shape index (κ2) is 9.35. The first kappa shape index (κ1) is 21.1. The number of fused-ring (bicyclic) bond motifs is 1. The number of phenols is 1. The van der Waals surface area contributed by atoms with Crippen LogP contribution in [0.15, 0.2) is 90.0 Å². The van der Waals surface area contributed by atoms with Crippen molar-refractivity contribution in [3.05, 3.63) is 113 Å². The summed E-state index contributed by atoms with van der Waals surface area (Å²) in [6.45, 7) is 4.02. The lowest BCUT2D eigenvalue weighted by atomic mass is 9.92. The van der Waals surface area contributed by atoms with Gasteiger partial charge in [-0.25, -0.2) is 10.2 Å². The summed E-state index contributed by atoms with van der Waals surface area (Å²) in [5, 5.41) is 19.6. The molecule has 0 aliphatic rings. The molecule has 1 unspecified atom stereocenters. The third-order valence-electron chi connectivity index (χ3n) is 5.38. The normalized spacial score (nSPS) is 12.1. The SMILES string of the molecule is Cc1ccc(/C=N/NC(=O)NC(c2ccc(C)cc2)c2c(O)ccc3ccccc23)cc1. The second-order valence-corrected chi connectivity index (χ2v) is 7.82. The van der Waals surface area contributed by atoms with E-state index in [0.717, 1.165) is 33.0 Å². The van der Waals surface area contributed by atoms with Crippen LogP contribution < -0.4 is 10.7 Å². The second-order valence-electron chi connectivity index (χ2n) is 7.82. The van der Waals surface area contributed by atoms with Gasteiger partial charge in [0.2, 0.25) is 0 Å². The molecule has 0 bridgehead atoms. The molecule has 4 aromatic carbocycles. The molecule has 5 nitrogen and oxygen atoms in total. The van der Waals surface area contributed by atoms with Gasteiger partial charge in [0.05, 0.1) is 12.3 Å². The van der Waals surface area contributed by atoms with Crippen LogP contribution in [0.1, 0.15) is 33.9 Å². The number of carbonyl (C=O) groups excluding carboxylic acids is 1. The summed E-state index contributed by atoms with van der Waals surface area (Å²) in [5.74, 6) is 0.123. The summed E-state index contributed by atoms with van der Waals surface area (Å²) in [7, 11) is 0. The van der Waals surface area contributed by atoms with Crippen LogP contribution >= 0.6 is 0 Å². The molecule has 0 aromatic heterocycles. The van der Waals surface area contributed by atoms with Crippen LogP contribution in [0.3, 0.4) is 0 Å². The van der Waals surface area contributed by atoms with Gasteiger partial charge in [0, 0.05) is 5.56 Å². The average Bonchev–Trinajstić information content (AvgIpc) is 2.80. The molecule has 0 fully saturated rings. The molecule has 4 aromatic rings. The third kappa shape index (κ3) is 4.78. The van der Waals surface area contributed by atoms with Crippen molar-refractivity contribution in [2.75, 3.05) is 0 Å². The lowest BCUT2D eigenvalue weighted by Crippen LogP contribution is -2.36. The number of hydrogen-bond acceptors (Lipinski definition) is 3. The summed E-state index contributed by atoms with van der Waals surface area (Å²) in [5.41, 5.74) is 7.19. The predicted molar refractivity (Wildman–Crippen MR) is 129 cm³/mol. The van der Waals surface area contributed by atoms with E-state index >= 15 is 0 Å². The fraction of sp³-hybridized carbons (Fsp3) is 0.111. The van der Waals surface area contributed by atoms with Crippen molar-refractivity contribution in [2.45, 2.75) is 19.9 Å². The van der Waals surface area contributed by atoms with E-state index in [0.29, 0.717) is 5.56 Å². The maximum atomic E-state index is 12.7. The number of hydrazone groups is 1. The molecule has 0 saturated carbocycles. The number of urea groups is 1. The van der Waals surface area contributed by atoms with Crippen LogP contribution in [0.2, 0.25) is 0 Å². The molecule has 0 saturated heterocycles. The highest BCUT2D eigenvalue weighted by atomic mass is 16.3. The minimum Gasteiger partial charge on any atom is -0.508 e. The van der Waals surface area contributed by atoms with E-state index in [-0.39, 0.29) is 5.75 Å². The molecule has 0 aliphatic heterocycles. The molecular formula is C27H25N3O2. The van der Waals surface area contributed by atoms with Gasteiger partial charge in [-0.15, -0.1) is 0 Å². The zero-order chi connectivity index (χ0) is 22.5. The van der Waals surface area contributed by atoms with Gasteiger partial charge in [-0.3, -0.25) is 0 Å². The lowest BCUT2D eigenvalue weighted by Gasteiger charge is -2.22. The molecule has 0 spiro atoms. The van der Waals surface area contributed by atoms with Crippen LogP contribution in [-0.4, -0.2) is 17.4 Å². The van der Waals surface area contributed by atoms with Gasteiger partial charge in [0.1, 0.15) is 5.75 Å². The number of carbonyl (C=O) groups is 1. The maximum Gasteiger partial charge on any atom is 0.335 e. The molecule has 160 valence electrons. The van der Waals surface area contributed by atoms with Crippen molar-refractivity contribution in [1.29, 1.82) is 0 Å². The summed E-state index contributed by atoms with van der Waals surface area (Å²) in [6.07, 6.45) is 1.59. The summed E-state index contributed by atoms with van der Waals surface area (Å²) in [6, 6.07) is 26.0. The summed E-state index contributed by atoms with van der Waals surface area (Å²) in [4.78, 5) is 12.7. The van der Waals surface area contributed by atoms with Crippen LogP contribution in [-0.2, 0) is 0 Å². The number of nitrogens with one attached hydrogen (secondary N) is 2. The molecule has 0 aliphatic carbocycles. The Balaban J connectivity index is 1.64. The molecule has 2 amide bonds. The van der Waals surface area contributed by atoms with E-state index in [9.17, 15) is 9.90 Å². The van der Waals surface area contributed by atoms with Crippen molar-refractivity contribution >= 4 is 23.0 Å². The van der Waals surface area contributed by atoms with E-state index < -0.39 is 12.1 Å². The minimum absolute atomic E-state index is 0.123. The number of nitrogens with zero attached hydrogens (tertiary/aromatic N) is 1. The Hall–Kier alpha value is -4.12. The van der Waals surface area contributed by atoms with E-state index in [4.69, 9.17) is 0 Å². The van der Waals surface area contributed by atoms with Crippen molar-refractivity contribution in [1.82, 2.24) is 10.7 Å². The lowest BCUT2D eigenvalue weighted by molar-refractivity contribution is 0.239. The Kier molecular flexibility index (Phi) is 6.17. The molecule has 4 rings (SSSR count). The largest absolute Gasteiger partial charge is 0.508 e. The highest BCUT2D eigenvalue weighted by Gasteiger charge is 2.22. The van der Waals surface area contributed by atoms with Crippen molar-refractivity contribution in [3.8, 4) is 5.75 Å². The zero-order valence-corrected chi connectivity index (χ0v) is 18.0. The van der Waals surface area contributed by atoms with E-state index in [2.05, 4.69) is 15.8 Å². The molecule has 0 heterocycles. The van der Waals surface area contributed by atoms with Crippen LogP contribution in [0.25, 0.3) is 10.8 Å². The Morgan fingerprint density at radius 2 is 1.53 bits per heavy atom. The number of rotatable bonds is 5. The first-order valence-corrected chi connectivity index (χ1v) is 10.4. The Morgan fingerprint density at radius 1 is 0.875 bits per heavy atom. The number of phenolic OH excluding ortho intramolecular Hbond substituents is 1. The molecule has 5 heteroatoms. The van der Waals surface area contributed by atoms with Crippen LogP contribution in [0, 0.1) is 13.8 Å². The number of hydrogen-bond donors (Lipinski definition) is 3. The molecule has 3 N–H and O–H groups in total. The van der Waals surface area contributed by atoms with Crippen molar-refractivity contribution in [2.24, 2.45) is 5.10 Å². The fourth-order valence-corrected chi connectivity index (χ4v) is 3.65. The fourth-order valence-electron chi connectivity index (χ4n) is 3.65. The van der Waals surface area contributed by atoms with Gasteiger partial charge in [0.25, 0.3) is 0 Å². The highest BCUT2D eigenvalue weighted by Crippen LogP contribution is 2.35. The standard InChI is InChI=1S/C27H25N3O2/c1-18-7-11-20(12-8-18)17-28-30-27(32)29-26(22-13-9-19(2)10-14-22)25-23-6-4-3-5-21(23)15-16-24(25)31/h3-17,26,31H,1-2H3,(H2,29,30,32)/b28-17+. The van der Waals surface area contributed by atoms with Crippen LogP contribution in [0.5, 0.6) is 5.75 Å². The van der Waals surface area contributed by atoms with Gasteiger partial charge < -0.3 is 10.4 Å².